The number of carboxylic acids is 2. The second-order valence-electron chi connectivity index (χ2n) is 4.88. The summed E-state index contributed by atoms with van der Waals surface area (Å²) in [6.45, 7) is 0. The molecule has 0 spiro atoms. The number of nitrogens with one attached hydrogen (secondary N) is 1. The van der Waals surface area contributed by atoms with E-state index >= 15 is 0 Å². The Labute approximate surface area is 110 Å². The van der Waals surface area contributed by atoms with Gasteiger partial charge < -0.3 is 15.5 Å². The van der Waals surface area contributed by atoms with Gasteiger partial charge in [0.25, 0.3) is 0 Å². The lowest BCUT2D eigenvalue weighted by Crippen LogP contribution is -2.39. The largest absolute Gasteiger partial charge is 0.481 e. The van der Waals surface area contributed by atoms with Crippen molar-refractivity contribution in [3.63, 3.8) is 0 Å². The van der Waals surface area contributed by atoms with Gasteiger partial charge in [-0.1, -0.05) is 0 Å². The molecule has 100 valence electrons. The molecule has 4 unspecified atom stereocenters. The standard InChI is InChI=1S/C12H16ClNO4/c13-8-2-1-3-9-11(8)7(5-14-9)6(12(17)18)4-10(15)16/h5-6,8-9,11,14H,1-4H2,(H,15,16)(H,17,18). The van der Waals surface area contributed by atoms with E-state index in [2.05, 4.69) is 5.32 Å². The van der Waals surface area contributed by atoms with Crippen LogP contribution in [-0.2, 0) is 9.59 Å². The third kappa shape index (κ3) is 2.46. The Bertz CT molecular complexity index is 396. The molecule has 2 rings (SSSR count). The topological polar surface area (TPSA) is 86.6 Å². The highest BCUT2D eigenvalue weighted by atomic mass is 35.5. The van der Waals surface area contributed by atoms with Crippen molar-refractivity contribution < 1.29 is 19.8 Å². The fourth-order valence-corrected chi connectivity index (χ4v) is 3.40. The highest BCUT2D eigenvalue weighted by Crippen LogP contribution is 2.41. The molecule has 1 heterocycles. The molecule has 5 nitrogen and oxygen atoms in total. The maximum absolute atomic E-state index is 11.2. The van der Waals surface area contributed by atoms with Gasteiger partial charge in [-0.05, 0) is 31.0 Å². The predicted octanol–water partition coefficient (Wildman–Crippen LogP) is 1.43. The molecule has 0 aromatic heterocycles. The summed E-state index contributed by atoms with van der Waals surface area (Å²) in [5.74, 6) is -3.24. The highest BCUT2D eigenvalue weighted by molar-refractivity contribution is 6.21. The normalized spacial score (nSPS) is 32.1. The summed E-state index contributed by atoms with van der Waals surface area (Å²) < 4.78 is 0. The van der Waals surface area contributed by atoms with Crippen molar-refractivity contribution in [3.05, 3.63) is 11.8 Å². The summed E-state index contributed by atoms with van der Waals surface area (Å²) in [6.07, 6.45) is 4.09. The Morgan fingerprint density at radius 3 is 2.78 bits per heavy atom. The summed E-state index contributed by atoms with van der Waals surface area (Å²) in [5.41, 5.74) is 0.634. The van der Waals surface area contributed by atoms with E-state index in [1.807, 2.05) is 0 Å². The van der Waals surface area contributed by atoms with E-state index in [1.165, 1.54) is 0 Å². The van der Waals surface area contributed by atoms with Crippen molar-refractivity contribution in [1.82, 2.24) is 5.32 Å². The fraction of sp³-hybridized carbons (Fsp3) is 0.667. The van der Waals surface area contributed by atoms with Gasteiger partial charge in [0.1, 0.15) is 0 Å². The fourth-order valence-electron chi connectivity index (χ4n) is 2.93. The maximum atomic E-state index is 11.2. The van der Waals surface area contributed by atoms with Crippen LogP contribution in [0.4, 0.5) is 0 Å². The summed E-state index contributed by atoms with van der Waals surface area (Å²) in [7, 11) is 0. The second kappa shape index (κ2) is 5.18. The van der Waals surface area contributed by atoms with Gasteiger partial charge in [-0.2, -0.15) is 0 Å². The van der Waals surface area contributed by atoms with Crippen LogP contribution in [0.2, 0.25) is 0 Å². The lowest BCUT2D eigenvalue weighted by Gasteiger charge is -2.33. The van der Waals surface area contributed by atoms with Crippen molar-refractivity contribution in [1.29, 1.82) is 0 Å². The molecule has 3 N–H and O–H groups in total. The van der Waals surface area contributed by atoms with Crippen LogP contribution < -0.4 is 5.32 Å². The Balaban J connectivity index is 2.20. The van der Waals surface area contributed by atoms with Crippen molar-refractivity contribution in [3.8, 4) is 0 Å². The first-order valence-electron chi connectivity index (χ1n) is 6.05. The average molecular weight is 274 g/mol. The van der Waals surface area contributed by atoms with Crippen molar-refractivity contribution in [2.75, 3.05) is 0 Å². The summed E-state index contributed by atoms with van der Waals surface area (Å²) in [4.78, 5) is 22.0. The van der Waals surface area contributed by atoms with Gasteiger partial charge in [0.2, 0.25) is 0 Å². The van der Waals surface area contributed by atoms with E-state index in [4.69, 9.17) is 16.7 Å². The number of hydrogen-bond donors (Lipinski definition) is 3. The van der Waals surface area contributed by atoms with E-state index < -0.39 is 24.3 Å². The zero-order valence-electron chi connectivity index (χ0n) is 9.80. The Morgan fingerprint density at radius 1 is 1.44 bits per heavy atom. The van der Waals surface area contributed by atoms with E-state index in [9.17, 15) is 14.7 Å². The van der Waals surface area contributed by atoms with Crippen LogP contribution in [0, 0.1) is 11.8 Å². The summed E-state index contributed by atoms with van der Waals surface area (Å²) in [5, 5.41) is 21.0. The van der Waals surface area contributed by atoms with Gasteiger partial charge >= 0.3 is 11.9 Å². The predicted molar refractivity (Wildman–Crippen MR) is 65.4 cm³/mol. The number of fused-ring (bicyclic) bond motifs is 1. The molecule has 1 saturated carbocycles. The van der Waals surface area contributed by atoms with Crippen molar-refractivity contribution in [2.45, 2.75) is 37.1 Å². The van der Waals surface area contributed by atoms with Gasteiger partial charge in [0.05, 0.1) is 12.3 Å². The van der Waals surface area contributed by atoms with Crippen LogP contribution in [0.25, 0.3) is 0 Å². The molecule has 4 atom stereocenters. The number of aliphatic carboxylic acids is 2. The van der Waals surface area contributed by atoms with Crippen LogP contribution >= 0.6 is 11.6 Å². The van der Waals surface area contributed by atoms with Crippen LogP contribution in [0.15, 0.2) is 11.8 Å². The number of alkyl halides is 1. The van der Waals surface area contributed by atoms with Crippen LogP contribution in [0.1, 0.15) is 25.7 Å². The van der Waals surface area contributed by atoms with E-state index in [0.717, 1.165) is 19.3 Å². The SMILES string of the molecule is O=C(O)CC(C(=O)O)C1=CNC2CCCC(Cl)C12. The molecule has 0 aromatic carbocycles. The van der Waals surface area contributed by atoms with Gasteiger partial charge in [-0.25, -0.2) is 0 Å². The Hall–Kier alpha value is -1.23. The zero-order valence-corrected chi connectivity index (χ0v) is 10.6. The zero-order chi connectivity index (χ0) is 13.3. The molecule has 0 radical (unpaired) electrons. The van der Waals surface area contributed by atoms with Crippen molar-refractivity contribution >= 4 is 23.5 Å². The molecule has 18 heavy (non-hydrogen) atoms. The molecule has 1 aliphatic carbocycles. The number of carbonyl (C=O) groups is 2. The molecule has 2 aliphatic rings. The van der Waals surface area contributed by atoms with E-state index in [-0.39, 0.29) is 17.3 Å². The Morgan fingerprint density at radius 2 is 2.17 bits per heavy atom. The molecule has 6 heteroatoms. The lowest BCUT2D eigenvalue weighted by atomic mass is 9.77. The number of halogens is 1. The van der Waals surface area contributed by atoms with Gasteiger partial charge in [-0.3, -0.25) is 9.59 Å². The third-order valence-corrected chi connectivity index (χ3v) is 4.24. The molecular weight excluding hydrogens is 258 g/mol. The minimum absolute atomic E-state index is 0.0548. The van der Waals surface area contributed by atoms with Crippen LogP contribution in [0.3, 0.4) is 0 Å². The number of carboxylic acid groups (broad SMARTS) is 2. The first kappa shape index (κ1) is 13.2. The van der Waals surface area contributed by atoms with Crippen LogP contribution in [-0.4, -0.2) is 33.6 Å². The third-order valence-electron chi connectivity index (χ3n) is 3.75. The molecule has 1 aliphatic heterocycles. The van der Waals surface area contributed by atoms with Crippen LogP contribution in [0.5, 0.6) is 0 Å². The maximum Gasteiger partial charge on any atom is 0.311 e. The minimum Gasteiger partial charge on any atom is -0.481 e. The van der Waals surface area contributed by atoms with E-state index in [0.29, 0.717) is 5.57 Å². The Kier molecular flexibility index (Phi) is 3.80. The number of rotatable bonds is 4. The molecule has 0 amide bonds. The van der Waals surface area contributed by atoms with E-state index in [1.54, 1.807) is 6.20 Å². The molecule has 0 saturated heterocycles. The van der Waals surface area contributed by atoms with Crippen molar-refractivity contribution in [2.24, 2.45) is 11.8 Å². The highest BCUT2D eigenvalue weighted by Gasteiger charge is 2.42. The van der Waals surface area contributed by atoms with Gasteiger partial charge in [-0.15, -0.1) is 11.6 Å². The van der Waals surface area contributed by atoms with Gasteiger partial charge in [0.15, 0.2) is 0 Å². The molecule has 0 bridgehead atoms. The first-order chi connectivity index (χ1) is 8.50. The summed E-state index contributed by atoms with van der Waals surface area (Å²) in [6, 6.07) is 0.159. The second-order valence-corrected chi connectivity index (χ2v) is 5.44. The quantitative estimate of drug-likeness (QED) is 0.675. The average Bonchev–Trinajstić information content (AvgIpc) is 2.70. The molecule has 1 fully saturated rings. The first-order valence-corrected chi connectivity index (χ1v) is 6.49. The van der Waals surface area contributed by atoms with Gasteiger partial charge in [0, 0.05) is 17.3 Å². The minimum atomic E-state index is -1.10. The summed E-state index contributed by atoms with van der Waals surface area (Å²) >= 11 is 6.28. The lowest BCUT2D eigenvalue weighted by molar-refractivity contribution is -0.147. The molecule has 0 aromatic rings. The monoisotopic (exact) mass is 273 g/mol. The smallest absolute Gasteiger partial charge is 0.311 e. The molecular formula is C12H16ClNO4. The number of hydrogen-bond acceptors (Lipinski definition) is 3.